The molecule has 1 aromatic heterocycles. The van der Waals surface area contributed by atoms with Gasteiger partial charge in [-0.05, 0) is 12.1 Å². The lowest BCUT2D eigenvalue weighted by atomic mass is 10.2. The highest BCUT2D eigenvalue weighted by molar-refractivity contribution is 5.76. The molecule has 6 nitrogen and oxygen atoms in total. The van der Waals surface area contributed by atoms with Crippen molar-refractivity contribution in [2.24, 2.45) is 0 Å². The van der Waals surface area contributed by atoms with Crippen LogP contribution in [-0.4, -0.2) is 52.0 Å². The van der Waals surface area contributed by atoms with Crippen LogP contribution >= 0.6 is 0 Å². The summed E-state index contributed by atoms with van der Waals surface area (Å²) in [5.74, 6) is -1.42. The molecule has 0 saturated carbocycles. The number of nitrogens with zero attached hydrogens (tertiary/aromatic N) is 4. The van der Waals surface area contributed by atoms with Gasteiger partial charge in [0.05, 0.1) is 18.8 Å². The number of morpholine rings is 1. The average Bonchev–Trinajstić information content (AvgIpc) is 2.97. The van der Waals surface area contributed by atoms with Crippen LogP contribution in [0.4, 0.5) is 13.6 Å². The zero-order valence-corrected chi connectivity index (χ0v) is 11.0. The Bertz CT molecular complexity index is 668. The molecule has 3 rings (SSSR count). The van der Waals surface area contributed by atoms with Crippen molar-refractivity contribution >= 4 is 6.03 Å². The van der Waals surface area contributed by atoms with E-state index in [-0.39, 0.29) is 17.4 Å². The van der Waals surface area contributed by atoms with Gasteiger partial charge in [0.15, 0.2) is 5.82 Å². The summed E-state index contributed by atoms with van der Waals surface area (Å²) in [7, 11) is 0. The standard InChI is InChI=1S/C13H12F2N4O2/c14-9-1-2-10(11(15)7-9)12-16-8-19(17-12)13(20)18-3-5-21-6-4-18/h1-2,7-8H,3-6H2. The van der Waals surface area contributed by atoms with Crippen LogP contribution < -0.4 is 0 Å². The van der Waals surface area contributed by atoms with Crippen molar-refractivity contribution in [1.82, 2.24) is 19.7 Å². The number of hydrogen-bond donors (Lipinski definition) is 0. The molecule has 1 aliphatic heterocycles. The van der Waals surface area contributed by atoms with E-state index in [0.717, 1.165) is 16.8 Å². The van der Waals surface area contributed by atoms with E-state index in [2.05, 4.69) is 10.1 Å². The maximum absolute atomic E-state index is 13.7. The number of rotatable bonds is 1. The number of carbonyl (C=O) groups is 1. The molecule has 1 saturated heterocycles. The molecule has 2 aromatic rings. The molecule has 0 bridgehead atoms. The minimum absolute atomic E-state index is 0.0362. The molecule has 2 heterocycles. The van der Waals surface area contributed by atoms with E-state index in [1.807, 2.05) is 0 Å². The van der Waals surface area contributed by atoms with Gasteiger partial charge in [0.25, 0.3) is 0 Å². The van der Waals surface area contributed by atoms with E-state index in [0.29, 0.717) is 26.3 Å². The maximum Gasteiger partial charge on any atom is 0.346 e. The molecular weight excluding hydrogens is 282 g/mol. The molecule has 1 aliphatic rings. The first-order chi connectivity index (χ1) is 10.1. The zero-order chi connectivity index (χ0) is 14.8. The Balaban J connectivity index is 1.84. The largest absolute Gasteiger partial charge is 0.378 e. The van der Waals surface area contributed by atoms with E-state index in [9.17, 15) is 13.6 Å². The summed E-state index contributed by atoms with van der Waals surface area (Å²) in [6.45, 7) is 1.89. The first kappa shape index (κ1) is 13.6. The molecule has 0 radical (unpaired) electrons. The molecule has 8 heteroatoms. The van der Waals surface area contributed by atoms with Crippen molar-refractivity contribution in [3.8, 4) is 11.4 Å². The van der Waals surface area contributed by atoms with Crippen molar-refractivity contribution in [1.29, 1.82) is 0 Å². The summed E-state index contributed by atoms with van der Waals surface area (Å²) in [4.78, 5) is 17.6. The van der Waals surface area contributed by atoms with Crippen LogP contribution in [0, 0.1) is 11.6 Å². The lowest BCUT2D eigenvalue weighted by molar-refractivity contribution is 0.0528. The van der Waals surface area contributed by atoms with Gasteiger partial charge in [-0.2, -0.15) is 4.68 Å². The fraction of sp³-hybridized carbons (Fsp3) is 0.308. The van der Waals surface area contributed by atoms with E-state index in [4.69, 9.17) is 4.74 Å². The number of amides is 1. The molecule has 1 aromatic carbocycles. The van der Waals surface area contributed by atoms with Crippen LogP contribution in [0.2, 0.25) is 0 Å². The molecule has 1 amide bonds. The average molecular weight is 294 g/mol. The van der Waals surface area contributed by atoms with Gasteiger partial charge in [0.1, 0.15) is 18.0 Å². The summed E-state index contributed by atoms with van der Waals surface area (Å²) in [6, 6.07) is 2.76. The van der Waals surface area contributed by atoms with Crippen LogP contribution in [0.3, 0.4) is 0 Å². The first-order valence-electron chi connectivity index (χ1n) is 6.39. The van der Waals surface area contributed by atoms with Gasteiger partial charge in [-0.3, -0.25) is 0 Å². The minimum Gasteiger partial charge on any atom is -0.378 e. The van der Waals surface area contributed by atoms with Crippen molar-refractivity contribution in [2.45, 2.75) is 0 Å². The molecule has 1 fully saturated rings. The summed E-state index contributed by atoms with van der Waals surface area (Å²) < 4.78 is 32.7. The minimum atomic E-state index is -0.772. The summed E-state index contributed by atoms with van der Waals surface area (Å²) >= 11 is 0. The predicted octanol–water partition coefficient (Wildman–Crippen LogP) is 1.52. The molecule has 0 unspecified atom stereocenters. The van der Waals surface area contributed by atoms with Gasteiger partial charge in [-0.25, -0.2) is 18.6 Å². The lowest BCUT2D eigenvalue weighted by Crippen LogP contribution is -2.43. The molecule has 0 N–H and O–H groups in total. The number of ether oxygens (including phenoxy) is 1. The van der Waals surface area contributed by atoms with Gasteiger partial charge in [0, 0.05) is 19.2 Å². The topological polar surface area (TPSA) is 60.2 Å². The number of benzene rings is 1. The van der Waals surface area contributed by atoms with Crippen molar-refractivity contribution in [2.75, 3.05) is 26.3 Å². The first-order valence-corrected chi connectivity index (χ1v) is 6.39. The Labute approximate surface area is 119 Å². The van der Waals surface area contributed by atoms with Crippen LogP contribution in [0.15, 0.2) is 24.5 Å². The lowest BCUT2D eigenvalue weighted by Gasteiger charge is -2.25. The van der Waals surface area contributed by atoms with Crippen molar-refractivity contribution in [3.05, 3.63) is 36.2 Å². The van der Waals surface area contributed by atoms with Gasteiger partial charge in [-0.1, -0.05) is 0 Å². The number of carbonyl (C=O) groups excluding carboxylic acids is 1. The quantitative estimate of drug-likeness (QED) is 0.800. The second-order valence-electron chi connectivity index (χ2n) is 4.52. The van der Waals surface area contributed by atoms with Gasteiger partial charge >= 0.3 is 6.03 Å². The molecule has 21 heavy (non-hydrogen) atoms. The summed E-state index contributed by atoms with van der Waals surface area (Å²) in [5.41, 5.74) is 0.0462. The third kappa shape index (κ3) is 2.75. The second kappa shape index (κ2) is 5.57. The third-order valence-corrected chi connectivity index (χ3v) is 3.14. The van der Waals surface area contributed by atoms with Crippen molar-refractivity contribution in [3.63, 3.8) is 0 Å². The second-order valence-corrected chi connectivity index (χ2v) is 4.52. The van der Waals surface area contributed by atoms with Crippen molar-refractivity contribution < 1.29 is 18.3 Å². The van der Waals surface area contributed by atoms with E-state index < -0.39 is 11.6 Å². The summed E-state index contributed by atoms with van der Waals surface area (Å²) in [6.07, 6.45) is 1.22. The van der Waals surface area contributed by atoms with E-state index in [1.54, 1.807) is 4.90 Å². The molecular formula is C13H12F2N4O2. The number of halogens is 2. The normalized spacial score (nSPS) is 15.2. The smallest absolute Gasteiger partial charge is 0.346 e. The highest BCUT2D eigenvalue weighted by Gasteiger charge is 2.20. The summed E-state index contributed by atoms with van der Waals surface area (Å²) in [5, 5.41) is 3.96. The van der Waals surface area contributed by atoms with Gasteiger partial charge < -0.3 is 9.64 Å². The van der Waals surface area contributed by atoms with Crippen LogP contribution in [0.5, 0.6) is 0 Å². The molecule has 0 atom stereocenters. The van der Waals surface area contributed by atoms with Crippen LogP contribution in [0.25, 0.3) is 11.4 Å². The third-order valence-electron chi connectivity index (χ3n) is 3.14. The van der Waals surface area contributed by atoms with Gasteiger partial charge in [-0.15, -0.1) is 5.10 Å². The Morgan fingerprint density at radius 3 is 2.71 bits per heavy atom. The highest BCUT2D eigenvalue weighted by Crippen LogP contribution is 2.19. The molecule has 0 aliphatic carbocycles. The molecule has 0 spiro atoms. The SMILES string of the molecule is O=C(N1CCOCC1)n1cnc(-c2ccc(F)cc2F)n1. The van der Waals surface area contributed by atoms with Crippen LogP contribution in [-0.2, 0) is 4.74 Å². The Hall–Kier alpha value is -2.35. The molecule has 110 valence electrons. The zero-order valence-electron chi connectivity index (χ0n) is 11.0. The van der Waals surface area contributed by atoms with Gasteiger partial charge in [0.2, 0.25) is 0 Å². The van der Waals surface area contributed by atoms with Crippen LogP contribution in [0.1, 0.15) is 0 Å². The Kier molecular flexibility index (Phi) is 3.61. The Morgan fingerprint density at radius 1 is 1.24 bits per heavy atom. The number of hydrogen-bond acceptors (Lipinski definition) is 4. The Morgan fingerprint density at radius 2 is 2.00 bits per heavy atom. The number of aromatic nitrogens is 3. The fourth-order valence-electron chi connectivity index (χ4n) is 2.05. The maximum atomic E-state index is 13.7. The monoisotopic (exact) mass is 294 g/mol. The van der Waals surface area contributed by atoms with E-state index in [1.165, 1.54) is 12.4 Å². The fourth-order valence-corrected chi connectivity index (χ4v) is 2.05. The highest BCUT2D eigenvalue weighted by atomic mass is 19.1. The predicted molar refractivity (Wildman–Crippen MR) is 68.6 cm³/mol. The van der Waals surface area contributed by atoms with E-state index >= 15 is 0 Å².